The lowest BCUT2D eigenvalue weighted by Gasteiger charge is -2.13. The molecule has 4 rings (SSSR count). The summed E-state index contributed by atoms with van der Waals surface area (Å²) in [6.07, 6.45) is 1.47. The molecule has 4 aromatic rings. The quantitative estimate of drug-likeness (QED) is 0.302. The zero-order valence-corrected chi connectivity index (χ0v) is 21.6. The lowest BCUT2D eigenvalue weighted by molar-refractivity contribution is 0.102. The van der Waals surface area contributed by atoms with Gasteiger partial charge in [0.2, 0.25) is 0 Å². The van der Waals surface area contributed by atoms with Crippen LogP contribution in [0.15, 0.2) is 101 Å². The molecular weight excluding hydrogens is 512 g/mol. The van der Waals surface area contributed by atoms with E-state index in [1.807, 2.05) is 6.92 Å². The lowest BCUT2D eigenvalue weighted by atomic mass is 10.1. The van der Waals surface area contributed by atoms with Gasteiger partial charge in [-0.3, -0.25) is 14.2 Å². The predicted octanol–water partition coefficient (Wildman–Crippen LogP) is 4.55. The molecule has 11 heteroatoms. The number of carbonyl (C=O) groups is 1. The van der Waals surface area contributed by atoms with E-state index in [1.54, 1.807) is 43.3 Å². The maximum Gasteiger partial charge on any atom is 0.263 e. The standard InChI is InChI=1S/C26H24N4O5S2/c1-18-6-12-22(13-7-18)36(32,33)29-24-17-20(9-8-19(24)2)26(31)28-21-10-14-23(15-11-21)37(34,35)30-25-5-3-4-16-27-25/h3-17,29H,1-2H3,(H,27,30)(H,28,31). The summed E-state index contributed by atoms with van der Waals surface area (Å²) in [5.41, 5.74) is 2.44. The van der Waals surface area contributed by atoms with Crippen molar-refractivity contribution in [1.29, 1.82) is 0 Å². The normalized spacial score (nSPS) is 11.5. The maximum atomic E-state index is 12.8. The van der Waals surface area contributed by atoms with Crippen molar-refractivity contribution in [3.63, 3.8) is 0 Å². The SMILES string of the molecule is Cc1ccc(S(=O)(=O)Nc2cc(C(=O)Nc3ccc(S(=O)(=O)Nc4ccccn4)cc3)ccc2C)cc1. The molecule has 1 amide bonds. The largest absolute Gasteiger partial charge is 0.322 e. The van der Waals surface area contributed by atoms with Gasteiger partial charge in [-0.05, 0) is 80.1 Å². The maximum absolute atomic E-state index is 12.8. The molecule has 1 heterocycles. The summed E-state index contributed by atoms with van der Waals surface area (Å²) in [4.78, 5) is 16.9. The van der Waals surface area contributed by atoms with Crippen molar-refractivity contribution in [3.8, 4) is 0 Å². The van der Waals surface area contributed by atoms with Crippen LogP contribution < -0.4 is 14.8 Å². The monoisotopic (exact) mass is 536 g/mol. The molecule has 0 fully saturated rings. The first-order valence-electron chi connectivity index (χ1n) is 11.1. The second-order valence-electron chi connectivity index (χ2n) is 8.25. The fourth-order valence-electron chi connectivity index (χ4n) is 3.33. The fourth-order valence-corrected chi connectivity index (χ4v) is 5.46. The van der Waals surface area contributed by atoms with Crippen LogP contribution in [0.4, 0.5) is 17.2 Å². The second kappa shape index (κ2) is 10.4. The molecule has 3 N–H and O–H groups in total. The van der Waals surface area contributed by atoms with Crippen LogP contribution in [0.3, 0.4) is 0 Å². The van der Waals surface area contributed by atoms with Crippen LogP contribution >= 0.6 is 0 Å². The van der Waals surface area contributed by atoms with Gasteiger partial charge < -0.3 is 5.32 Å². The van der Waals surface area contributed by atoms with Crippen LogP contribution in [0, 0.1) is 13.8 Å². The smallest absolute Gasteiger partial charge is 0.263 e. The van der Waals surface area contributed by atoms with Gasteiger partial charge in [0, 0.05) is 17.4 Å². The molecule has 9 nitrogen and oxygen atoms in total. The van der Waals surface area contributed by atoms with E-state index < -0.39 is 26.0 Å². The Bertz CT molecular complexity index is 1640. The van der Waals surface area contributed by atoms with Gasteiger partial charge in [-0.25, -0.2) is 21.8 Å². The molecular formula is C26H24N4O5S2. The van der Waals surface area contributed by atoms with Gasteiger partial charge in [0.1, 0.15) is 5.82 Å². The molecule has 0 bridgehead atoms. The van der Waals surface area contributed by atoms with Gasteiger partial charge in [-0.15, -0.1) is 0 Å². The van der Waals surface area contributed by atoms with E-state index in [4.69, 9.17) is 0 Å². The molecule has 0 aliphatic heterocycles. The van der Waals surface area contributed by atoms with Crippen molar-refractivity contribution in [3.05, 3.63) is 108 Å². The van der Waals surface area contributed by atoms with E-state index in [1.165, 1.54) is 54.7 Å². The molecule has 0 atom stereocenters. The predicted molar refractivity (Wildman–Crippen MR) is 143 cm³/mol. The zero-order valence-electron chi connectivity index (χ0n) is 20.0. The molecule has 0 saturated carbocycles. The molecule has 0 unspecified atom stereocenters. The molecule has 3 aromatic carbocycles. The molecule has 0 aliphatic rings. The van der Waals surface area contributed by atoms with Crippen molar-refractivity contribution in [2.75, 3.05) is 14.8 Å². The van der Waals surface area contributed by atoms with E-state index in [-0.39, 0.29) is 26.9 Å². The van der Waals surface area contributed by atoms with Crippen LogP contribution in [-0.2, 0) is 20.0 Å². The molecule has 0 radical (unpaired) electrons. The van der Waals surface area contributed by atoms with Crippen LogP contribution in [0.25, 0.3) is 0 Å². The molecule has 1 aromatic heterocycles. The Morgan fingerprint density at radius 1 is 0.730 bits per heavy atom. The number of aryl methyl sites for hydroxylation is 2. The Kier molecular flexibility index (Phi) is 7.28. The number of rotatable bonds is 8. The number of hydrogen-bond donors (Lipinski definition) is 3. The van der Waals surface area contributed by atoms with Crippen molar-refractivity contribution in [2.24, 2.45) is 0 Å². The topological polar surface area (TPSA) is 134 Å². The van der Waals surface area contributed by atoms with Gasteiger partial charge >= 0.3 is 0 Å². The van der Waals surface area contributed by atoms with Crippen LogP contribution in [-0.4, -0.2) is 27.7 Å². The average molecular weight is 537 g/mol. The Labute approximate surface area is 215 Å². The number of amides is 1. The van der Waals surface area contributed by atoms with Gasteiger partial charge in [0.05, 0.1) is 15.5 Å². The highest BCUT2D eigenvalue weighted by atomic mass is 32.2. The number of hydrogen-bond acceptors (Lipinski definition) is 6. The van der Waals surface area contributed by atoms with E-state index in [9.17, 15) is 21.6 Å². The summed E-state index contributed by atoms with van der Waals surface area (Å²) < 4.78 is 55.6. The lowest BCUT2D eigenvalue weighted by Crippen LogP contribution is -2.16. The summed E-state index contributed by atoms with van der Waals surface area (Å²) in [7, 11) is -7.70. The first-order chi connectivity index (χ1) is 17.5. The van der Waals surface area contributed by atoms with E-state index in [0.29, 0.717) is 11.3 Å². The fraction of sp³-hybridized carbons (Fsp3) is 0.0769. The molecule has 0 aliphatic carbocycles. The van der Waals surface area contributed by atoms with Crippen LogP contribution in [0.2, 0.25) is 0 Å². The van der Waals surface area contributed by atoms with Crippen LogP contribution in [0.5, 0.6) is 0 Å². The van der Waals surface area contributed by atoms with Crippen molar-refractivity contribution in [1.82, 2.24) is 4.98 Å². The number of pyridine rings is 1. The summed E-state index contributed by atoms with van der Waals surface area (Å²) in [5.74, 6) is -0.300. The van der Waals surface area contributed by atoms with E-state index >= 15 is 0 Å². The third kappa shape index (κ3) is 6.32. The molecule has 37 heavy (non-hydrogen) atoms. The number of nitrogens with one attached hydrogen (secondary N) is 3. The minimum absolute atomic E-state index is 0.000661. The Hall–Kier alpha value is -4.22. The number of carbonyl (C=O) groups excluding carboxylic acids is 1. The number of anilines is 3. The summed E-state index contributed by atoms with van der Waals surface area (Å²) in [6.45, 7) is 3.59. The first kappa shape index (κ1) is 25.9. The Morgan fingerprint density at radius 2 is 1.35 bits per heavy atom. The van der Waals surface area contributed by atoms with Crippen molar-refractivity contribution in [2.45, 2.75) is 23.6 Å². The number of benzene rings is 3. The van der Waals surface area contributed by atoms with Crippen molar-refractivity contribution < 1.29 is 21.6 Å². The summed E-state index contributed by atoms with van der Waals surface area (Å²) >= 11 is 0. The third-order valence-electron chi connectivity index (χ3n) is 5.40. The third-order valence-corrected chi connectivity index (χ3v) is 8.15. The zero-order chi connectivity index (χ0) is 26.6. The second-order valence-corrected chi connectivity index (χ2v) is 11.6. The van der Waals surface area contributed by atoms with Gasteiger partial charge in [-0.1, -0.05) is 29.8 Å². The molecule has 0 saturated heterocycles. The molecule has 190 valence electrons. The van der Waals surface area contributed by atoms with Crippen LogP contribution in [0.1, 0.15) is 21.5 Å². The molecule has 0 spiro atoms. The average Bonchev–Trinajstić information content (AvgIpc) is 2.86. The Morgan fingerprint density at radius 3 is 1.97 bits per heavy atom. The summed E-state index contributed by atoms with van der Waals surface area (Å²) in [6, 6.07) is 21.6. The van der Waals surface area contributed by atoms with E-state index in [0.717, 1.165) is 5.56 Å². The first-order valence-corrected chi connectivity index (χ1v) is 14.1. The Balaban J connectivity index is 1.48. The van der Waals surface area contributed by atoms with Gasteiger partial charge in [0.25, 0.3) is 26.0 Å². The minimum atomic E-state index is -3.85. The van der Waals surface area contributed by atoms with Gasteiger partial charge in [-0.2, -0.15) is 0 Å². The number of aromatic nitrogens is 1. The minimum Gasteiger partial charge on any atom is -0.322 e. The highest BCUT2D eigenvalue weighted by Gasteiger charge is 2.18. The van der Waals surface area contributed by atoms with Gasteiger partial charge in [0.15, 0.2) is 0 Å². The highest BCUT2D eigenvalue weighted by molar-refractivity contribution is 7.93. The summed E-state index contributed by atoms with van der Waals surface area (Å²) in [5, 5.41) is 2.69. The van der Waals surface area contributed by atoms with E-state index in [2.05, 4.69) is 19.7 Å². The van der Waals surface area contributed by atoms with Crippen molar-refractivity contribution >= 4 is 43.1 Å². The highest BCUT2D eigenvalue weighted by Crippen LogP contribution is 2.23. The number of sulfonamides is 2. The number of nitrogens with zero attached hydrogens (tertiary/aromatic N) is 1.